The third-order valence-corrected chi connectivity index (χ3v) is 5.88. The maximum atomic E-state index is 12.9. The van der Waals surface area contributed by atoms with Crippen LogP contribution in [0.25, 0.3) is 16.6 Å². The molecular formula is C20H15F3N6O2S. The summed E-state index contributed by atoms with van der Waals surface area (Å²) in [4.78, 5) is 30.7. The minimum Gasteiger partial charge on any atom is -0.343 e. The topological polar surface area (TPSA) is 104 Å². The van der Waals surface area contributed by atoms with Gasteiger partial charge in [-0.15, -0.1) is 11.8 Å². The largest absolute Gasteiger partial charge is 0.435 e. The fourth-order valence-electron chi connectivity index (χ4n) is 3.24. The number of alkyl halides is 3. The lowest BCUT2D eigenvalue weighted by Crippen LogP contribution is -2.42. The number of nitrogens with one attached hydrogen (secondary N) is 1. The summed E-state index contributed by atoms with van der Waals surface area (Å²) in [6.45, 7) is -0.283. The second-order valence-corrected chi connectivity index (χ2v) is 7.89. The van der Waals surface area contributed by atoms with E-state index in [1.165, 1.54) is 41.2 Å². The maximum absolute atomic E-state index is 12.9. The minimum absolute atomic E-state index is 0.209. The van der Waals surface area contributed by atoms with Crippen molar-refractivity contribution >= 4 is 34.5 Å². The highest BCUT2D eigenvalue weighted by Crippen LogP contribution is 2.28. The van der Waals surface area contributed by atoms with Gasteiger partial charge in [0.25, 0.3) is 5.91 Å². The number of benzene rings is 1. The lowest BCUT2D eigenvalue weighted by atomic mass is 10.1. The lowest BCUT2D eigenvalue weighted by Gasteiger charge is -2.18. The van der Waals surface area contributed by atoms with Crippen LogP contribution in [-0.2, 0) is 11.0 Å². The number of nitrogens with zero attached hydrogens (tertiary/aromatic N) is 5. The Labute approximate surface area is 184 Å². The molecule has 0 unspecified atom stereocenters. The molecule has 3 heterocycles. The van der Waals surface area contributed by atoms with Crippen molar-refractivity contribution < 1.29 is 22.8 Å². The molecule has 1 aliphatic heterocycles. The molecule has 2 amide bonds. The van der Waals surface area contributed by atoms with Crippen LogP contribution in [0, 0.1) is 11.3 Å². The Morgan fingerprint density at radius 2 is 2.09 bits per heavy atom. The second kappa shape index (κ2) is 8.51. The average Bonchev–Trinajstić information content (AvgIpc) is 3.46. The minimum atomic E-state index is -4.57. The Morgan fingerprint density at radius 3 is 2.81 bits per heavy atom. The Bertz CT molecular complexity index is 1240. The van der Waals surface area contributed by atoms with Crippen molar-refractivity contribution in [3.8, 4) is 11.8 Å². The van der Waals surface area contributed by atoms with E-state index in [4.69, 9.17) is 5.26 Å². The quantitative estimate of drug-likeness (QED) is 0.642. The van der Waals surface area contributed by atoms with E-state index in [1.54, 1.807) is 12.1 Å². The molecule has 0 aliphatic carbocycles. The first kappa shape index (κ1) is 21.6. The average molecular weight is 460 g/mol. The van der Waals surface area contributed by atoms with E-state index in [0.717, 1.165) is 10.7 Å². The molecule has 4 rings (SSSR count). The van der Waals surface area contributed by atoms with Crippen molar-refractivity contribution in [2.45, 2.75) is 12.2 Å². The van der Waals surface area contributed by atoms with Gasteiger partial charge in [0, 0.05) is 23.5 Å². The first-order valence-corrected chi connectivity index (χ1v) is 10.5. The molecule has 1 aromatic carbocycles. The van der Waals surface area contributed by atoms with E-state index in [1.807, 2.05) is 0 Å². The highest BCUT2D eigenvalue weighted by atomic mass is 32.2. The number of halogens is 3. The van der Waals surface area contributed by atoms with Crippen LogP contribution in [0.2, 0.25) is 0 Å². The van der Waals surface area contributed by atoms with Gasteiger partial charge < -0.3 is 10.2 Å². The summed E-state index contributed by atoms with van der Waals surface area (Å²) in [6, 6.07) is 8.47. The molecule has 1 fully saturated rings. The maximum Gasteiger partial charge on any atom is 0.435 e. The number of hydrogen-bond donors (Lipinski definition) is 1. The number of thioether (sulfide) groups is 1. The number of carbonyl (C=O) groups excluding carboxylic acids is 2. The molecule has 0 spiro atoms. The number of rotatable bonds is 4. The van der Waals surface area contributed by atoms with Crippen LogP contribution in [0.1, 0.15) is 16.1 Å². The van der Waals surface area contributed by atoms with Crippen molar-refractivity contribution in [3.05, 3.63) is 54.0 Å². The zero-order valence-corrected chi connectivity index (χ0v) is 17.2. The number of pyridine rings is 1. The third-order valence-electron chi connectivity index (χ3n) is 4.87. The zero-order chi connectivity index (χ0) is 22.9. The van der Waals surface area contributed by atoms with Crippen LogP contribution in [-0.4, -0.2) is 55.7 Å². The van der Waals surface area contributed by atoms with Gasteiger partial charge in [-0.1, -0.05) is 0 Å². The standard InChI is InChI=1S/C20H15F3N6O2S/c21-20(22,23)17-4-6-29(27-17)12-1-2-16-15(7-12)14(3-5-25-16)19(31)26-9-18(30)28-11-32-10-13(28)8-24/h1-7,13H,9-11H2,(H,26,31)/t13-/m1/s1. The number of carbonyl (C=O) groups is 2. The molecule has 2 aromatic heterocycles. The van der Waals surface area contributed by atoms with Crippen molar-refractivity contribution in [2.24, 2.45) is 0 Å². The van der Waals surface area contributed by atoms with Gasteiger partial charge in [0.05, 0.1) is 35.3 Å². The first-order chi connectivity index (χ1) is 15.3. The van der Waals surface area contributed by atoms with Crippen molar-refractivity contribution in [3.63, 3.8) is 0 Å². The van der Waals surface area contributed by atoms with Gasteiger partial charge in [0.1, 0.15) is 6.04 Å². The highest BCUT2D eigenvalue weighted by molar-refractivity contribution is 7.99. The van der Waals surface area contributed by atoms with Crippen LogP contribution >= 0.6 is 11.8 Å². The molecule has 8 nitrogen and oxygen atoms in total. The van der Waals surface area contributed by atoms with E-state index >= 15 is 0 Å². The molecule has 32 heavy (non-hydrogen) atoms. The van der Waals surface area contributed by atoms with Crippen LogP contribution < -0.4 is 5.32 Å². The number of nitriles is 1. The SMILES string of the molecule is N#C[C@@H]1CSCN1C(=O)CNC(=O)c1ccnc2ccc(-n3ccc(C(F)(F)F)n3)cc12. The molecular weight excluding hydrogens is 445 g/mol. The van der Waals surface area contributed by atoms with Gasteiger partial charge in [0.15, 0.2) is 5.69 Å². The number of hydrogen-bond acceptors (Lipinski definition) is 6. The van der Waals surface area contributed by atoms with E-state index in [0.29, 0.717) is 28.2 Å². The van der Waals surface area contributed by atoms with Crippen molar-refractivity contribution in [2.75, 3.05) is 18.2 Å². The molecule has 1 aliphatic rings. The molecule has 164 valence electrons. The first-order valence-electron chi connectivity index (χ1n) is 9.35. The molecule has 12 heteroatoms. The van der Waals surface area contributed by atoms with E-state index in [-0.39, 0.29) is 18.0 Å². The monoisotopic (exact) mass is 460 g/mol. The molecule has 1 saturated heterocycles. The molecule has 1 atom stereocenters. The van der Waals surface area contributed by atoms with Crippen LogP contribution in [0.3, 0.4) is 0 Å². The number of aromatic nitrogens is 3. The van der Waals surface area contributed by atoms with Gasteiger partial charge in [-0.05, 0) is 30.3 Å². The Balaban J connectivity index is 1.57. The van der Waals surface area contributed by atoms with Crippen molar-refractivity contribution in [1.82, 2.24) is 25.0 Å². The molecule has 0 saturated carbocycles. The summed E-state index contributed by atoms with van der Waals surface area (Å²) < 4.78 is 39.6. The van der Waals surface area contributed by atoms with E-state index in [2.05, 4.69) is 21.5 Å². The normalized spacial score (nSPS) is 16.2. The van der Waals surface area contributed by atoms with Crippen LogP contribution in [0.4, 0.5) is 13.2 Å². The van der Waals surface area contributed by atoms with Gasteiger partial charge >= 0.3 is 6.18 Å². The Kier molecular flexibility index (Phi) is 5.75. The highest BCUT2D eigenvalue weighted by Gasteiger charge is 2.33. The molecule has 0 bridgehead atoms. The van der Waals surface area contributed by atoms with Gasteiger partial charge in [-0.3, -0.25) is 14.6 Å². The zero-order valence-electron chi connectivity index (χ0n) is 16.3. The predicted molar refractivity (Wildman–Crippen MR) is 110 cm³/mol. The van der Waals surface area contributed by atoms with Crippen LogP contribution in [0.15, 0.2) is 42.7 Å². The molecule has 0 radical (unpaired) electrons. The van der Waals surface area contributed by atoms with E-state index < -0.39 is 23.8 Å². The summed E-state index contributed by atoms with van der Waals surface area (Å²) in [5.74, 6) is 0.000247. The summed E-state index contributed by atoms with van der Waals surface area (Å²) in [5.41, 5.74) is -0.0509. The summed E-state index contributed by atoms with van der Waals surface area (Å²) >= 11 is 1.46. The lowest BCUT2D eigenvalue weighted by molar-refractivity contribution is -0.141. The fourth-order valence-corrected chi connectivity index (χ4v) is 4.35. The molecule has 3 aromatic rings. The summed E-state index contributed by atoms with van der Waals surface area (Å²) in [7, 11) is 0. The van der Waals surface area contributed by atoms with Gasteiger partial charge in [-0.2, -0.15) is 23.5 Å². The predicted octanol–water partition coefficient (Wildman–Crippen LogP) is 2.59. The third kappa shape index (κ3) is 4.24. The fraction of sp³-hybridized carbons (Fsp3) is 0.250. The van der Waals surface area contributed by atoms with Gasteiger partial charge in [-0.25, -0.2) is 4.68 Å². The Hall–Kier alpha value is -3.59. The number of amides is 2. The van der Waals surface area contributed by atoms with Crippen molar-refractivity contribution in [1.29, 1.82) is 5.26 Å². The summed E-state index contributed by atoms with van der Waals surface area (Å²) in [5, 5.41) is 15.6. The second-order valence-electron chi connectivity index (χ2n) is 6.89. The van der Waals surface area contributed by atoms with Gasteiger partial charge in [0.2, 0.25) is 5.91 Å². The molecule has 1 N–H and O–H groups in total. The number of fused-ring (bicyclic) bond motifs is 1. The van der Waals surface area contributed by atoms with E-state index in [9.17, 15) is 22.8 Å². The van der Waals surface area contributed by atoms with Crippen LogP contribution in [0.5, 0.6) is 0 Å². The Morgan fingerprint density at radius 1 is 1.28 bits per heavy atom. The summed E-state index contributed by atoms with van der Waals surface area (Å²) in [6.07, 6.45) is -1.96. The smallest absolute Gasteiger partial charge is 0.343 e.